The first-order valence-corrected chi connectivity index (χ1v) is 7.46. The molecule has 0 fully saturated rings. The zero-order valence-electron chi connectivity index (χ0n) is 13.8. The molecule has 0 aliphatic carbocycles. The monoisotopic (exact) mass is 330 g/mol. The zero-order valence-corrected chi connectivity index (χ0v) is 13.8. The van der Waals surface area contributed by atoms with E-state index in [0.717, 1.165) is 5.56 Å². The third-order valence-electron chi connectivity index (χ3n) is 3.71. The van der Waals surface area contributed by atoms with Gasteiger partial charge in [-0.3, -0.25) is 14.6 Å². The van der Waals surface area contributed by atoms with Crippen LogP contribution in [0.3, 0.4) is 0 Å². The van der Waals surface area contributed by atoms with E-state index in [1.165, 1.54) is 19.2 Å². The molecule has 1 amide bonds. The molecule has 5 nitrogen and oxygen atoms in total. The van der Waals surface area contributed by atoms with Crippen LogP contribution in [0, 0.1) is 19.7 Å². The van der Waals surface area contributed by atoms with Gasteiger partial charge in [-0.2, -0.15) is 0 Å². The molecule has 0 aliphatic rings. The molecular weight excluding hydrogens is 311 g/mol. The van der Waals surface area contributed by atoms with Crippen molar-refractivity contribution in [3.8, 4) is 0 Å². The number of hydrogen-bond acceptors (Lipinski definition) is 4. The summed E-state index contributed by atoms with van der Waals surface area (Å²) in [5.74, 6) is -1.15. The van der Waals surface area contributed by atoms with Gasteiger partial charge in [0.15, 0.2) is 0 Å². The van der Waals surface area contributed by atoms with E-state index in [2.05, 4.69) is 15.0 Å². The lowest BCUT2D eigenvalue weighted by Crippen LogP contribution is -2.30. The number of nitrogens with one attached hydrogen (secondary N) is 1. The van der Waals surface area contributed by atoms with Crippen LogP contribution < -0.4 is 5.32 Å². The molecule has 1 aromatic heterocycles. The second-order valence-corrected chi connectivity index (χ2v) is 5.51. The minimum atomic E-state index is -0.557. The summed E-state index contributed by atoms with van der Waals surface area (Å²) < 4.78 is 18.4. The zero-order chi connectivity index (χ0) is 17.7. The van der Waals surface area contributed by atoms with Crippen LogP contribution in [0.4, 0.5) is 4.39 Å². The Balaban J connectivity index is 2.25. The van der Waals surface area contributed by atoms with E-state index >= 15 is 0 Å². The summed E-state index contributed by atoms with van der Waals surface area (Å²) in [5, 5.41) is 2.80. The number of carbonyl (C=O) groups excluding carboxylic acids is 2. The number of amides is 1. The molecule has 1 N–H and O–H groups in total. The van der Waals surface area contributed by atoms with E-state index < -0.39 is 12.0 Å². The molecule has 1 heterocycles. The van der Waals surface area contributed by atoms with Crippen molar-refractivity contribution in [2.45, 2.75) is 26.3 Å². The maximum Gasteiger partial charge on any atom is 0.307 e. The normalized spacial score (nSPS) is 11.7. The van der Waals surface area contributed by atoms with Gasteiger partial charge in [0.1, 0.15) is 5.82 Å². The summed E-state index contributed by atoms with van der Waals surface area (Å²) in [7, 11) is 1.29. The highest BCUT2D eigenvalue weighted by Crippen LogP contribution is 2.19. The molecule has 126 valence electrons. The standard InChI is InChI=1S/C18H19FN2O3/c1-11-8-14(9-12(2)17(11)19)18(23)21-15(10-16(22)24-3)13-4-6-20-7-5-13/h4-9,15H,10H2,1-3H3,(H,21,23). The highest BCUT2D eigenvalue weighted by atomic mass is 19.1. The molecule has 1 aromatic carbocycles. The summed E-state index contributed by atoms with van der Waals surface area (Å²) in [5.41, 5.74) is 1.87. The lowest BCUT2D eigenvalue weighted by Gasteiger charge is -2.18. The summed E-state index contributed by atoms with van der Waals surface area (Å²) in [6, 6.07) is 5.85. The number of esters is 1. The number of carbonyl (C=O) groups is 2. The van der Waals surface area contributed by atoms with Crippen LogP contribution in [0.5, 0.6) is 0 Å². The number of aromatic nitrogens is 1. The first-order chi connectivity index (χ1) is 11.4. The molecule has 0 saturated heterocycles. The highest BCUT2D eigenvalue weighted by molar-refractivity contribution is 5.95. The quantitative estimate of drug-likeness (QED) is 0.856. The third-order valence-corrected chi connectivity index (χ3v) is 3.71. The molecular formula is C18H19FN2O3. The van der Waals surface area contributed by atoms with E-state index in [1.807, 2.05) is 0 Å². The number of benzene rings is 1. The Labute approximate surface area is 139 Å². The van der Waals surface area contributed by atoms with E-state index in [9.17, 15) is 14.0 Å². The summed E-state index contributed by atoms with van der Waals surface area (Å²) >= 11 is 0. The average molecular weight is 330 g/mol. The van der Waals surface area contributed by atoms with Crippen LogP contribution in [0.2, 0.25) is 0 Å². The van der Waals surface area contributed by atoms with Crippen molar-refractivity contribution in [1.82, 2.24) is 10.3 Å². The van der Waals surface area contributed by atoms with Crippen LogP contribution in [-0.4, -0.2) is 24.0 Å². The average Bonchev–Trinajstić information content (AvgIpc) is 2.59. The third kappa shape index (κ3) is 4.16. The Hall–Kier alpha value is -2.76. The van der Waals surface area contributed by atoms with Crippen molar-refractivity contribution in [2.75, 3.05) is 7.11 Å². The molecule has 0 radical (unpaired) electrons. The number of aryl methyl sites for hydroxylation is 2. The van der Waals surface area contributed by atoms with Crippen molar-refractivity contribution in [1.29, 1.82) is 0 Å². The number of rotatable bonds is 5. The van der Waals surface area contributed by atoms with Crippen molar-refractivity contribution in [3.63, 3.8) is 0 Å². The summed E-state index contributed by atoms with van der Waals surface area (Å²) in [6.45, 7) is 3.21. The number of nitrogens with zero attached hydrogens (tertiary/aromatic N) is 1. The molecule has 0 aliphatic heterocycles. The smallest absolute Gasteiger partial charge is 0.307 e. The number of hydrogen-bond donors (Lipinski definition) is 1. The van der Waals surface area contributed by atoms with Crippen molar-refractivity contribution >= 4 is 11.9 Å². The molecule has 2 aromatic rings. The van der Waals surface area contributed by atoms with Gasteiger partial charge in [-0.1, -0.05) is 0 Å². The maximum absolute atomic E-state index is 13.7. The molecule has 6 heteroatoms. The fraction of sp³-hybridized carbons (Fsp3) is 0.278. The molecule has 0 spiro atoms. The van der Waals surface area contributed by atoms with Gasteiger partial charge in [0.05, 0.1) is 19.6 Å². The van der Waals surface area contributed by atoms with Gasteiger partial charge in [0, 0.05) is 18.0 Å². The molecule has 2 rings (SSSR count). The van der Waals surface area contributed by atoms with Gasteiger partial charge >= 0.3 is 5.97 Å². The van der Waals surface area contributed by atoms with E-state index in [-0.39, 0.29) is 18.1 Å². The molecule has 1 unspecified atom stereocenters. The van der Waals surface area contributed by atoms with Gasteiger partial charge in [-0.25, -0.2) is 4.39 Å². The lowest BCUT2D eigenvalue weighted by atomic mass is 10.0. The van der Waals surface area contributed by atoms with Crippen LogP contribution in [0.1, 0.15) is 39.5 Å². The predicted molar refractivity (Wildman–Crippen MR) is 87.0 cm³/mol. The summed E-state index contributed by atoms with van der Waals surface area (Å²) in [4.78, 5) is 28.1. The van der Waals surface area contributed by atoms with Crippen LogP contribution in [0.25, 0.3) is 0 Å². The van der Waals surface area contributed by atoms with Crippen molar-refractivity contribution < 1.29 is 18.7 Å². The van der Waals surface area contributed by atoms with Gasteiger partial charge in [0.25, 0.3) is 5.91 Å². The van der Waals surface area contributed by atoms with Crippen molar-refractivity contribution in [2.24, 2.45) is 0 Å². The SMILES string of the molecule is COC(=O)CC(NC(=O)c1cc(C)c(F)c(C)c1)c1ccncc1. The van der Waals surface area contributed by atoms with E-state index in [1.54, 1.807) is 38.4 Å². The van der Waals surface area contributed by atoms with Crippen LogP contribution >= 0.6 is 0 Å². The minimum absolute atomic E-state index is 0.00852. The van der Waals surface area contributed by atoms with Gasteiger partial charge in [0.2, 0.25) is 0 Å². The minimum Gasteiger partial charge on any atom is -0.469 e. The van der Waals surface area contributed by atoms with Gasteiger partial charge in [-0.15, -0.1) is 0 Å². The second-order valence-electron chi connectivity index (χ2n) is 5.51. The Morgan fingerprint density at radius 3 is 2.33 bits per heavy atom. The second kappa shape index (κ2) is 7.68. The Bertz CT molecular complexity index is 724. The molecule has 24 heavy (non-hydrogen) atoms. The lowest BCUT2D eigenvalue weighted by molar-refractivity contribution is -0.141. The molecule has 1 atom stereocenters. The molecule has 0 saturated carbocycles. The summed E-state index contributed by atoms with van der Waals surface area (Å²) in [6.07, 6.45) is 3.15. The first kappa shape index (κ1) is 17.6. The number of methoxy groups -OCH3 is 1. The van der Waals surface area contributed by atoms with E-state index in [4.69, 9.17) is 0 Å². The maximum atomic E-state index is 13.7. The van der Waals surface area contributed by atoms with Gasteiger partial charge < -0.3 is 10.1 Å². The first-order valence-electron chi connectivity index (χ1n) is 7.46. The highest BCUT2D eigenvalue weighted by Gasteiger charge is 2.20. The Kier molecular flexibility index (Phi) is 5.63. The largest absolute Gasteiger partial charge is 0.469 e. The Morgan fingerprint density at radius 1 is 1.21 bits per heavy atom. The number of pyridine rings is 1. The predicted octanol–water partition coefficient (Wildman–Crippen LogP) is 2.87. The van der Waals surface area contributed by atoms with Crippen LogP contribution in [0.15, 0.2) is 36.7 Å². The van der Waals surface area contributed by atoms with Gasteiger partial charge in [-0.05, 0) is 54.8 Å². The molecule has 0 bridgehead atoms. The Morgan fingerprint density at radius 2 is 1.79 bits per heavy atom. The fourth-order valence-corrected chi connectivity index (χ4v) is 2.42. The fourth-order valence-electron chi connectivity index (χ4n) is 2.42. The van der Waals surface area contributed by atoms with Crippen LogP contribution in [-0.2, 0) is 9.53 Å². The number of ether oxygens (including phenoxy) is 1. The van der Waals surface area contributed by atoms with Crippen molar-refractivity contribution in [3.05, 3.63) is 64.7 Å². The topological polar surface area (TPSA) is 68.3 Å². The number of halogens is 1. The van der Waals surface area contributed by atoms with E-state index in [0.29, 0.717) is 16.7 Å².